The number of hydrogen-bond donors (Lipinski definition) is 0. The Bertz CT molecular complexity index is 2460. The fourth-order valence-corrected chi connectivity index (χ4v) is 6.78. The standard InChI is InChI=1S/C39H25N3/c1-2-14-28(15-3-1)41-35-21-7-5-18-33(35)37-36(41)23-22-32-31-17-4-6-20-34(31)42(39(32)37)29-16-8-12-27(25-29)30-19-9-11-26-13-10-24-40-38(26)30/h1-25H. The molecule has 0 saturated heterocycles. The highest BCUT2D eigenvalue weighted by Crippen LogP contribution is 2.42. The second-order valence-electron chi connectivity index (χ2n) is 10.8. The number of fused-ring (bicyclic) bond motifs is 8. The van der Waals surface area contributed by atoms with Gasteiger partial charge < -0.3 is 9.13 Å². The van der Waals surface area contributed by atoms with Crippen LogP contribution in [0.4, 0.5) is 0 Å². The molecule has 3 nitrogen and oxygen atoms in total. The lowest BCUT2D eigenvalue weighted by molar-refractivity contribution is 1.17. The molecule has 3 heterocycles. The highest BCUT2D eigenvalue weighted by Gasteiger charge is 2.20. The van der Waals surface area contributed by atoms with E-state index in [1.54, 1.807) is 0 Å². The van der Waals surface area contributed by atoms with Crippen molar-refractivity contribution in [3.05, 3.63) is 152 Å². The van der Waals surface area contributed by atoms with Gasteiger partial charge in [0.2, 0.25) is 0 Å². The minimum Gasteiger partial charge on any atom is -0.309 e. The summed E-state index contributed by atoms with van der Waals surface area (Å²) < 4.78 is 4.85. The van der Waals surface area contributed by atoms with E-state index in [0.717, 1.165) is 33.4 Å². The van der Waals surface area contributed by atoms with Crippen molar-refractivity contribution in [1.82, 2.24) is 14.1 Å². The van der Waals surface area contributed by atoms with Gasteiger partial charge in [-0.3, -0.25) is 4.98 Å². The van der Waals surface area contributed by atoms with Crippen molar-refractivity contribution in [3.63, 3.8) is 0 Å². The molecule has 0 aliphatic rings. The zero-order valence-corrected chi connectivity index (χ0v) is 22.8. The molecule has 0 unspecified atom stereocenters. The largest absolute Gasteiger partial charge is 0.309 e. The van der Waals surface area contributed by atoms with Crippen LogP contribution in [0.5, 0.6) is 0 Å². The molecule has 42 heavy (non-hydrogen) atoms. The molecule has 0 amide bonds. The normalized spacial score (nSPS) is 11.8. The first-order chi connectivity index (χ1) is 20.9. The van der Waals surface area contributed by atoms with Crippen molar-refractivity contribution in [2.45, 2.75) is 0 Å². The average molecular weight is 536 g/mol. The molecular formula is C39H25N3. The van der Waals surface area contributed by atoms with Crippen LogP contribution in [0.15, 0.2) is 152 Å². The molecule has 9 aromatic rings. The maximum atomic E-state index is 4.75. The topological polar surface area (TPSA) is 22.8 Å². The second-order valence-corrected chi connectivity index (χ2v) is 10.8. The van der Waals surface area contributed by atoms with Crippen LogP contribution in [0.25, 0.3) is 77.0 Å². The second kappa shape index (κ2) is 8.92. The zero-order valence-electron chi connectivity index (χ0n) is 22.8. The van der Waals surface area contributed by atoms with E-state index >= 15 is 0 Å². The minimum atomic E-state index is 1.02. The molecule has 9 rings (SSSR count). The van der Waals surface area contributed by atoms with Gasteiger partial charge >= 0.3 is 0 Å². The van der Waals surface area contributed by atoms with E-state index < -0.39 is 0 Å². The summed E-state index contributed by atoms with van der Waals surface area (Å²) in [5.41, 5.74) is 10.5. The molecule has 0 N–H and O–H groups in total. The Hall–Kier alpha value is -5.67. The molecule has 0 spiro atoms. The summed E-state index contributed by atoms with van der Waals surface area (Å²) in [5.74, 6) is 0. The SMILES string of the molecule is c1ccc(-n2c3ccccc3c3c2ccc2c4ccccc4n(-c4cccc(-c5cccc6cccnc56)c4)c23)cc1. The van der Waals surface area contributed by atoms with Crippen LogP contribution >= 0.6 is 0 Å². The van der Waals surface area contributed by atoms with Crippen LogP contribution in [-0.4, -0.2) is 14.1 Å². The monoisotopic (exact) mass is 535 g/mol. The van der Waals surface area contributed by atoms with Crippen LogP contribution in [0, 0.1) is 0 Å². The minimum absolute atomic E-state index is 1.02. The summed E-state index contributed by atoms with van der Waals surface area (Å²) >= 11 is 0. The number of rotatable bonds is 3. The molecule has 0 saturated carbocycles. The first-order valence-electron chi connectivity index (χ1n) is 14.3. The van der Waals surface area contributed by atoms with Gasteiger partial charge in [0.15, 0.2) is 0 Å². The fourth-order valence-electron chi connectivity index (χ4n) is 6.78. The van der Waals surface area contributed by atoms with Gasteiger partial charge in [-0.2, -0.15) is 0 Å². The van der Waals surface area contributed by atoms with Crippen molar-refractivity contribution in [3.8, 4) is 22.5 Å². The predicted molar refractivity (Wildman–Crippen MR) is 176 cm³/mol. The van der Waals surface area contributed by atoms with E-state index in [1.165, 1.54) is 43.6 Å². The smallest absolute Gasteiger partial charge is 0.0780 e. The molecule has 0 bridgehead atoms. The summed E-state index contributed by atoms with van der Waals surface area (Å²) in [6.45, 7) is 0. The first kappa shape index (κ1) is 23.1. The Labute approximate surface area is 242 Å². The van der Waals surface area contributed by atoms with Gasteiger partial charge in [0, 0.05) is 50.1 Å². The van der Waals surface area contributed by atoms with E-state index in [1.807, 2.05) is 12.3 Å². The maximum absolute atomic E-state index is 4.75. The van der Waals surface area contributed by atoms with E-state index in [0.29, 0.717) is 0 Å². The Morgan fingerprint density at radius 1 is 0.452 bits per heavy atom. The molecule has 6 aromatic carbocycles. The lowest BCUT2D eigenvalue weighted by Crippen LogP contribution is -1.96. The summed E-state index contributed by atoms with van der Waals surface area (Å²) in [7, 11) is 0. The first-order valence-corrected chi connectivity index (χ1v) is 14.3. The highest BCUT2D eigenvalue weighted by molar-refractivity contribution is 6.26. The zero-order chi connectivity index (χ0) is 27.6. The fraction of sp³-hybridized carbons (Fsp3) is 0. The Morgan fingerprint density at radius 3 is 2.05 bits per heavy atom. The van der Waals surface area contributed by atoms with Crippen molar-refractivity contribution in [1.29, 1.82) is 0 Å². The van der Waals surface area contributed by atoms with E-state index in [4.69, 9.17) is 4.98 Å². The third kappa shape index (κ3) is 3.25. The van der Waals surface area contributed by atoms with Gasteiger partial charge in [0.1, 0.15) is 0 Å². The molecule has 0 fully saturated rings. The van der Waals surface area contributed by atoms with Crippen molar-refractivity contribution in [2.24, 2.45) is 0 Å². The summed E-state index contributed by atoms with van der Waals surface area (Å²) in [5, 5.41) is 6.17. The molecule has 0 aliphatic carbocycles. The number of para-hydroxylation sites is 4. The van der Waals surface area contributed by atoms with Crippen LogP contribution < -0.4 is 0 Å². The Kier molecular flexibility index (Phi) is 4.90. The quantitative estimate of drug-likeness (QED) is 0.221. The van der Waals surface area contributed by atoms with Crippen LogP contribution in [-0.2, 0) is 0 Å². The highest BCUT2D eigenvalue weighted by atomic mass is 15.0. The lowest BCUT2D eigenvalue weighted by atomic mass is 10.0. The summed E-state index contributed by atoms with van der Waals surface area (Å²) in [6, 6.07) is 52.2. The number of aromatic nitrogens is 3. The Balaban J connectivity index is 1.42. The van der Waals surface area contributed by atoms with Gasteiger partial charge in [0.25, 0.3) is 0 Å². The van der Waals surface area contributed by atoms with Crippen molar-refractivity contribution < 1.29 is 0 Å². The van der Waals surface area contributed by atoms with E-state index in [2.05, 4.69) is 149 Å². The van der Waals surface area contributed by atoms with Gasteiger partial charge in [0.05, 0.1) is 27.6 Å². The lowest BCUT2D eigenvalue weighted by Gasteiger charge is -2.12. The van der Waals surface area contributed by atoms with Gasteiger partial charge in [-0.05, 0) is 54.1 Å². The maximum Gasteiger partial charge on any atom is 0.0780 e. The third-order valence-electron chi connectivity index (χ3n) is 8.53. The average Bonchev–Trinajstić information content (AvgIpc) is 3.58. The molecule has 3 heteroatoms. The number of benzene rings is 6. The third-order valence-corrected chi connectivity index (χ3v) is 8.53. The van der Waals surface area contributed by atoms with Crippen molar-refractivity contribution in [2.75, 3.05) is 0 Å². The van der Waals surface area contributed by atoms with Crippen LogP contribution in [0.3, 0.4) is 0 Å². The van der Waals surface area contributed by atoms with E-state index in [-0.39, 0.29) is 0 Å². The van der Waals surface area contributed by atoms with E-state index in [9.17, 15) is 0 Å². The molecule has 0 radical (unpaired) electrons. The number of hydrogen-bond acceptors (Lipinski definition) is 1. The predicted octanol–water partition coefficient (Wildman–Crippen LogP) is 10.1. The molecule has 0 aliphatic heterocycles. The van der Waals surface area contributed by atoms with Gasteiger partial charge in [-0.15, -0.1) is 0 Å². The molecule has 196 valence electrons. The number of nitrogens with zero attached hydrogens (tertiary/aromatic N) is 3. The number of pyridine rings is 1. The molecule has 0 atom stereocenters. The molecular weight excluding hydrogens is 510 g/mol. The van der Waals surface area contributed by atoms with Gasteiger partial charge in [-0.1, -0.05) is 97.1 Å². The van der Waals surface area contributed by atoms with Crippen LogP contribution in [0.1, 0.15) is 0 Å². The van der Waals surface area contributed by atoms with Gasteiger partial charge in [-0.25, -0.2) is 0 Å². The Morgan fingerprint density at radius 2 is 1.17 bits per heavy atom. The summed E-state index contributed by atoms with van der Waals surface area (Å²) in [6.07, 6.45) is 1.88. The molecule has 3 aromatic heterocycles. The summed E-state index contributed by atoms with van der Waals surface area (Å²) in [4.78, 5) is 4.75. The van der Waals surface area contributed by atoms with Crippen molar-refractivity contribution >= 4 is 54.5 Å². The van der Waals surface area contributed by atoms with Crippen LogP contribution in [0.2, 0.25) is 0 Å².